The number of hydrogen-bond acceptors (Lipinski definition) is 3. The summed E-state index contributed by atoms with van der Waals surface area (Å²) in [4.78, 5) is 32.3. The predicted octanol–water partition coefficient (Wildman–Crippen LogP) is 4.63. The number of fused-ring (bicyclic) bond motifs is 1. The van der Waals surface area contributed by atoms with E-state index < -0.39 is 17.3 Å². The van der Waals surface area contributed by atoms with Gasteiger partial charge in [0.2, 0.25) is 0 Å². The zero-order valence-corrected chi connectivity index (χ0v) is 15.1. The zero-order valence-electron chi connectivity index (χ0n) is 14.4. The third-order valence-corrected chi connectivity index (χ3v) is 4.44. The number of carbonyl (C=O) groups excluding carboxylic acids is 1. The van der Waals surface area contributed by atoms with E-state index in [4.69, 9.17) is 11.6 Å². The molecule has 0 aliphatic heterocycles. The molecule has 1 aromatic heterocycles. The molecule has 0 radical (unpaired) electrons. The summed E-state index contributed by atoms with van der Waals surface area (Å²) in [5.74, 6) is -1.28. The van der Waals surface area contributed by atoms with E-state index in [9.17, 15) is 14.0 Å². The van der Waals surface area contributed by atoms with Gasteiger partial charge in [-0.3, -0.25) is 9.59 Å². The number of hydrogen-bond donors (Lipinski definition) is 2. The van der Waals surface area contributed by atoms with Gasteiger partial charge in [0.25, 0.3) is 11.5 Å². The molecule has 1 amide bonds. The summed E-state index contributed by atoms with van der Waals surface area (Å²) in [5.41, 5.74) is 1.38. The van der Waals surface area contributed by atoms with E-state index in [1.165, 1.54) is 24.3 Å². The highest BCUT2D eigenvalue weighted by atomic mass is 35.5. The number of amides is 1. The Morgan fingerprint density at radius 2 is 1.79 bits per heavy atom. The number of halogens is 2. The molecular formula is C21H13ClFN3O2. The van der Waals surface area contributed by atoms with Crippen molar-refractivity contribution in [2.24, 2.45) is 0 Å². The van der Waals surface area contributed by atoms with Crippen molar-refractivity contribution < 1.29 is 9.18 Å². The third kappa shape index (κ3) is 3.37. The van der Waals surface area contributed by atoms with Gasteiger partial charge in [-0.2, -0.15) is 0 Å². The van der Waals surface area contributed by atoms with Crippen LogP contribution in [-0.2, 0) is 0 Å². The molecule has 28 heavy (non-hydrogen) atoms. The van der Waals surface area contributed by atoms with Crippen LogP contribution < -0.4 is 10.9 Å². The Kier molecular flexibility index (Phi) is 4.63. The summed E-state index contributed by atoms with van der Waals surface area (Å²) >= 11 is 6.10. The highest BCUT2D eigenvalue weighted by Crippen LogP contribution is 2.29. The van der Waals surface area contributed by atoms with Gasteiger partial charge in [0, 0.05) is 10.6 Å². The lowest BCUT2D eigenvalue weighted by Gasteiger charge is -2.12. The van der Waals surface area contributed by atoms with Gasteiger partial charge in [-0.15, -0.1) is 0 Å². The number of nitrogens with one attached hydrogen (secondary N) is 2. The van der Waals surface area contributed by atoms with Crippen LogP contribution in [0.5, 0.6) is 0 Å². The van der Waals surface area contributed by atoms with Gasteiger partial charge in [0.05, 0.1) is 22.3 Å². The summed E-state index contributed by atoms with van der Waals surface area (Å²) in [5, 5.41) is 3.01. The molecule has 0 bridgehead atoms. The molecule has 0 fully saturated rings. The standard InChI is InChI=1S/C21H13ClFN3O2/c22-12-9-10-16(25-20(27)13-5-1-2-6-15(13)23)14(11-12)19-21(28)26-18-8-4-3-7-17(18)24-19/h1-11H,(H,25,27)(H,26,28). The molecule has 138 valence electrons. The number of para-hydroxylation sites is 2. The van der Waals surface area contributed by atoms with Crippen molar-refractivity contribution in [1.82, 2.24) is 9.97 Å². The number of aromatic amines is 1. The van der Waals surface area contributed by atoms with Crippen LogP contribution in [0.25, 0.3) is 22.3 Å². The summed E-state index contributed by atoms with van der Waals surface area (Å²) in [7, 11) is 0. The molecule has 0 unspecified atom stereocenters. The Morgan fingerprint density at radius 3 is 2.61 bits per heavy atom. The van der Waals surface area contributed by atoms with Crippen LogP contribution >= 0.6 is 11.6 Å². The van der Waals surface area contributed by atoms with Crippen LogP contribution in [0, 0.1) is 5.82 Å². The minimum Gasteiger partial charge on any atom is -0.321 e. The minimum atomic E-state index is -0.641. The molecule has 0 aliphatic rings. The number of benzene rings is 3. The summed E-state index contributed by atoms with van der Waals surface area (Å²) in [6.07, 6.45) is 0. The monoisotopic (exact) mass is 393 g/mol. The average Bonchev–Trinajstić information content (AvgIpc) is 2.69. The van der Waals surface area contributed by atoms with E-state index in [2.05, 4.69) is 15.3 Å². The van der Waals surface area contributed by atoms with E-state index in [1.807, 2.05) is 0 Å². The quantitative estimate of drug-likeness (QED) is 0.532. The second kappa shape index (κ2) is 7.25. The van der Waals surface area contributed by atoms with E-state index in [0.29, 0.717) is 27.3 Å². The predicted molar refractivity (Wildman–Crippen MR) is 107 cm³/mol. The fourth-order valence-electron chi connectivity index (χ4n) is 2.87. The van der Waals surface area contributed by atoms with Crippen molar-refractivity contribution >= 4 is 34.2 Å². The third-order valence-electron chi connectivity index (χ3n) is 4.20. The van der Waals surface area contributed by atoms with Gasteiger partial charge < -0.3 is 10.3 Å². The molecule has 4 aromatic rings. The van der Waals surface area contributed by atoms with Crippen molar-refractivity contribution in [3.63, 3.8) is 0 Å². The SMILES string of the molecule is O=C(Nc1ccc(Cl)cc1-c1nc2ccccc2[nH]c1=O)c1ccccc1F. The maximum atomic E-state index is 13.9. The minimum absolute atomic E-state index is 0.102. The summed E-state index contributed by atoms with van der Waals surface area (Å²) in [6.45, 7) is 0. The molecule has 2 N–H and O–H groups in total. The smallest absolute Gasteiger partial charge is 0.275 e. The Hall–Kier alpha value is -3.51. The first-order valence-corrected chi connectivity index (χ1v) is 8.75. The first-order valence-electron chi connectivity index (χ1n) is 8.38. The van der Waals surface area contributed by atoms with E-state index in [-0.39, 0.29) is 11.3 Å². The Morgan fingerprint density at radius 1 is 1.04 bits per heavy atom. The van der Waals surface area contributed by atoms with Crippen molar-refractivity contribution in [2.75, 3.05) is 5.32 Å². The molecule has 0 saturated heterocycles. The van der Waals surface area contributed by atoms with E-state index in [1.54, 1.807) is 42.5 Å². The average molecular weight is 394 g/mol. The van der Waals surface area contributed by atoms with Gasteiger partial charge >= 0.3 is 0 Å². The fraction of sp³-hybridized carbons (Fsp3) is 0. The normalized spacial score (nSPS) is 10.8. The van der Waals surface area contributed by atoms with Crippen LogP contribution in [0.3, 0.4) is 0 Å². The highest BCUT2D eigenvalue weighted by molar-refractivity contribution is 6.31. The first-order chi connectivity index (χ1) is 13.5. The molecule has 0 atom stereocenters. The Labute approximate surface area is 163 Å². The molecule has 5 nitrogen and oxygen atoms in total. The van der Waals surface area contributed by atoms with Crippen molar-refractivity contribution in [3.05, 3.63) is 93.5 Å². The molecule has 3 aromatic carbocycles. The number of anilines is 1. The number of H-pyrrole nitrogens is 1. The second-order valence-corrected chi connectivity index (χ2v) is 6.49. The van der Waals surface area contributed by atoms with Gasteiger partial charge in [-0.25, -0.2) is 9.37 Å². The molecule has 0 spiro atoms. The lowest BCUT2D eigenvalue weighted by molar-refractivity contribution is 0.102. The Bertz CT molecular complexity index is 1270. The highest BCUT2D eigenvalue weighted by Gasteiger charge is 2.17. The topological polar surface area (TPSA) is 74.8 Å². The second-order valence-electron chi connectivity index (χ2n) is 6.06. The number of nitrogens with zero attached hydrogens (tertiary/aromatic N) is 1. The Balaban J connectivity index is 1.82. The van der Waals surface area contributed by atoms with E-state index in [0.717, 1.165) is 0 Å². The van der Waals surface area contributed by atoms with Crippen molar-refractivity contribution in [1.29, 1.82) is 0 Å². The molecule has 0 saturated carbocycles. The number of rotatable bonds is 3. The lowest BCUT2D eigenvalue weighted by atomic mass is 10.1. The van der Waals surface area contributed by atoms with Gasteiger partial charge in [-0.05, 0) is 42.5 Å². The number of aromatic nitrogens is 2. The summed E-state index contributed by atoms with van der Waals surface area (Å²) in [6, 6.07) is 17.4. The van der Waals surface area contributed by atoms with Crippen molar-refractivity contribution in [3.8, 4) is 11.3 Å². The lowest BCUT2D eigenvalue weighted by Crippen LogP contribution is -2.16. The van der Waals surface area contributed by atoms with Crippen LogP contribution in [0.2, 0.25) is 5.02 Å². The van der Waals surface area contributed by atoms with Crippen LogP contribution in [0.15, 0.2) is 71.5 Å². The number of carbonyl (C=O) groups is 1. The molecular weight excluding hydrogens is 381 g/mol. The van der Waals surface area contributed by atoms with Crippen LogP contribution in [-0.4, -0.2) is 15.9 Å². The zero-order chi connectivity index (χ0) is 19.7. The van der Waals surface area contributed by atoms with Gasteiger partial charge in [0.1, 0.15) is 11.5 Å². The van der Waals surface area contributed by atoms with Crippen LogP contribution in [0.4, 0.5) is 10.1 Å². The van der Waals surface area contributed by atoms with Crippen molar-refractivity contribution in [2.45, 2.75) is 0 Å². The van der Waals surface area contributed by atoms with Gasteiger partial charge in [-0.1, -0.05) is 35.9 Å². The van der Waals surface area contributed by atoms with Gasteiger partial charge in [0.15, 0.2) is 0 Å². The molecule has 1 heterocycles. The maximum absolute atomic E-state index is 13.9. The first kappa shape index (κ1) is 17.9. The summed E-state index contributed by atoms with van der Waals surface area (Å²) < 4.78 is 13.9. The largest absolute Gasteiger partial charge is 0.321 e. The van der Waals surface area contributed by atoms with E-state index >= 15 is 0 Å². The maximum Gasteiger partial charge on any atom is 0.275 e. The molecule has 0 aliphatic carbocycles. The molecule has 4 rings (SSSR count). The van der Waals surface area contributed by atoms with Crippen LogP contribution in [0.1, 0.15) is 10.4 Å². The molecule has 7 heteroatoms. The fourth-order valence-corrected chi connectivity index (χ4v) is 3.04.